The van der Waals surface area contributed by atoms with Gasteiger partial charge in [0.05, 0.1) is 5.56 Å². The standard InChI is InChI=1S/C11H10F6O/c1-6(9(18)11(15,16)17)7-2-4-8(5-3-7)10(12,13)14/h2-6,9,18H,1H3. The highest BCUT2D eigenvalue weighted by atomic mass is 19.4. The van der Waals surface area contributed by atoms with E-state index in [0.717, 1.165) is 19.1 Å². The summed E-state index contributed by atoms with van der Waals surface area (Å²) < 4.78 is 73.4. The summed E-state index contributed by atoms with van der Waals surface area (Å²) in [6.45, 7) is 1.10. The zero-order valence-electron chi connectivity index (χ0n) is 9.18. The van der Waals surface area contributed by atoms with Crippen LogP contribution in [-0.2, 0) is 6.18 Å². The molecule has 0 spiro atoms. The van der Waals surface area contributed by atoms with Gasteiger partial charge in [-0.1, -0.05) is 19.1 Å². The zero-order chi connectivity index (χ0) is 14.1. The van der Waals surface area contributed by atoms with Crippen LogP contribution in [0.2, 0.25) is 0 Å². The third kappa shape index (κ3) is 3.38. The van der Waals surface area contributed by atoms with E-state index in [-0.39, 0.29) is 5.56 Å². The van der Waals surface area contributed by atoms with E-state index >= 15 is 0 Å². The maximum atomic E-state index is 12.2. The molecule has 18 heavy (non-hydrogen) atoms. The van der Waals surface area contributed by atoms with E-state index in [1.54, 1.807) is 0 Å². The van der Waals surface area contributed by atoms with Crippen molar-refractivity contribution < 1.29 is 31.4 Å². The molecule has 0 aliphatic rings. The molecule has 0 saturated heterocycles. The minimum atomic E-state index is -4.80. The van der Waals surface area contributed by atoms with Crippen LogP contribution in [0.4, 0.5) is 26.3 Å². The Morgan fingerprint density at radius 2 is 1.39 bits per heavy atom. The number of halogens is 6. The number of aliphatic hydroxyl groups excluding tert-OH is 1. The molecule has 0 amide bonds. The SMILES string of the molecule is CC(c1ccc(C(F)(F)F)cc1)C(O)C(F)(F)F. The minimum absolute atomic E-state index is 0.00664. The van der Waals surface area contributed by atoms with Gasteiger partial charge < -0.3 is 5.11 Å². The van der Waals surface area contributed by atoms with E-state index < -0.39 is 29.9 Å². The average Bonchev–Trinajstić information content (AvgIpc) is 2.25. The molecule has 0 radical (unpaired) electrons. The summed E-state index contributed by atoms with van der Waals surface area (Å²) in [6.07, 6.45) is -11.9. The van der Waals surface area contributed by atoms with Gasteiger partial charge in [-0.25, -0.2) is 0 Å². The predicted octanol–water partition coefficient (Wildman–Crippen LogP) is 3.73. The molecule has 1 nitrogen and oxygen atoms in total. The van der Waals surface area contributed by atoms with Gasteiger partial charge in [-0.3, -0.25) is 0 Å². The van der Waals surface area contributed by atoms with Gasteiger partial charge in [0.25, 0.3) is 0 Å². The van der Waals surface area contributed by atoms with Gasteiger partial charge in [-0.2, -0.15) is 26.3 Å². The van der Waals surface area contributed by atoms with Gasteiger partial charge in [-0.15, -0.1) is 0 Å². The van der Waals surface area contributed by atoms with Crippen LogP contribution in [-0.4, -0.2) is 17.4 Å². The Kier molecular flexibility index (Phi) is 3.95. The Morgan fingerprint density at radius 1 is 0.944 bits per heavy atom. The second kappa shape index (κ2) is 4.79. The molecule has 1 aromatic rings. The first kappa shape index (κ1) is 14.8. The molecule has 102 valence electrons. The van der Waals surface area contributed by atoms with Crippen molar-refractivity contribution >= 4 is 0 Å². The van der Waals surface area contributed by atoms with E-state index in [0.29, 0.717) is 12.1 Å². The minimum Gasteiger partial charge on any atom is -0.383 e. The molecular formula is C11H10F6O. The highest BCUT2D eigenvalue weighted by molar-refractivity contribution is 5.27. The van der Waals surface area contributed by atoms with E-state index in [4.69, 9.17) is 5.11 Å². The number of hydrogen-bond acceptors (Lipinski definition) is 1. The fourth-order valence-corrected chi connectivity index (χ4v) is 1.44. The lowest BCUT2D eigenvalue weighted by molar-refractivity contribution is -0.209. The van der Waals surface area contributed by atoms with E-state index in [1.165, 1.54) is 0 Å². The largest absolute Gasteiger partial charge is 0.416 e. The summed E-state index contributed by atoms with van der Waals surface area (Å²) in [4.78, 5) is 0. The molecule has 0 saturated carbocycles. The first-order chi connectivity index (χ1) is 8.03. The average molecular weight is 272 g/mol. The molecule has 7 heteroatoms. The lowest BCUT2D eigenvalue weighted by atomic mass is 9.94. The number of aliphatic hydroxyl groups is 1. The fraction of sp³-hybridized carbons (Fsp3) is 0.455. The molecule has 0 heterocycles. The first-order valence-electron chi connectivity index (χ1n) is 4.95. The summed E-state index contributed by atoms with van der Waals surface area (Å²) in [5.41, 5.74) is -0.951. The van der Waals surface area contributed by atoms with Gasteiger partial charge >= 0.3 is 12.4 Å². The van der Waals surface area contributed by atoms with E-state index in [1.807, 2.05) is 0 Å². The Balaban J connectivity index is 2.93. The topological polar surface area (TPSA) is 20.2 Å². The van der Waals surface area contributed by atoms with Crippen LogP contribution in [0.5, 0.6) is 0 Å². The number of hydrogen-bond donors (Lipinski definition) is 1. The molecular weight excluding hydrogens is 262 g/mol. The lowest BCUT2D eigenvalue weighted by Crippen LogP contribution is -2.33. The summed E-state index contributed by atoms with van der Waals surface area (Å²) in [5.74, 6) is -1.33. The van der Waals surface area contributed by atoms with Gasteiger partial charge in [0.15, 0.2) is 6.10 Å². The van der Waals surface area contributed by atoms with Crippen LogP contribution in [0, 0.1) is 0 Å². The van der Waals surface area contributed by atoms with Crippen LogP contribution in [0.15, 0.2) is 24.3 Å². The second-order valence-electron chi connectivity index (χ2n) is 3.89. The maximum Gasteiger partial charge on any atom is 0.416 e. The van der Waals surface area contributed by atoms with Crippen molar-refractivity contribution in [3.63, 3.8) is 0 Å². The van der Waals surface area contributed by atoms with Crippen molar-refractivity contribution in [2.75, 3.05) is 0 Å². The Bertz CT molecular complexity index is 391. The predicted molar refractivity (Wildman–Crippen MR) is 51.9 cm³/mol. The van der Waals surface area contributed by atoms with Crippen molar-refractivity contribution in [3.05, 3.63) is 35.4 Å². The second-order valence-corrected chi connectivity index (χ2v) is 3.89. The van der Waals surface area contributed by atoms with Crippen molar-refractivity contribution in [1.82, 2.24) is 0 Å². The lowest BCUT2D eigenvalue weighted by Gasteiger charge is -2.22. The molecule has 0 fully saturated rings. The Morgan fingerprint density at radius 3 is 1.72 bits per heavy atom. The van der Waals surface area contributed by atoms with Crippen LogP contribution in [0.3, 0.4) is 0 Å². The third-order valence-corrected chi connectivity index (χ3v) is 2.57. The van der Waals surface area contributed by atoms with Gasteiger partial charge in [0.2, 0.25) is 0 Å². The van der Waals surface area contributed by atoms with Crippen LogP contribution in [0.1, 0.15) is 24.0 Å². The maximum absolute atomic E-state index is 12.2. The smallest absolute Gasteiger partial charge is 0.383 e. The number of alkyl halides is 6. The molecule has 0 aromatic heterocycles. The Labute approximate surface area is 99.0 Å². The van der Waals surface area contributed by atoms with Gasteiger partial charge in [-0.05, 0) is 17.7 Å². The van der Waals surface area contributed by atoms with E-state index in [2.05, 4.69) is 0 Å². The summed E-state index contributed by atoms with van der Waals surface area (Å²) >= 11 is 0. The van der Waals surface area contributed by atoms with Crippen LogP contribution < -0.4 is 0 Å². The third-order valence-electron chi connectivity index (χ3n) is 2.57. The van der Waals surface area contributed by atoms with E-state index in [9.17, 15) is 26.3 Å². The van der Waals surface area contributed by atoms with Crippen molar-refractivity contribution in [3.8, 4) is 0 Å². The summed E-state index contributed by atoms with van der Waals surface area (Å²) in [5, 5.41) is 8.99. The fourth-order valence-electron chi connectivity index (χ4n) is 1.44. The van der Waals surface area contributed by atoms with Gasteiger partial charge in [0.1, 0.15) is 0 Å². The quantitative estimate of drug-likeness (QED) is 0.813. The molecule has 1 rings (SSSR count). The first-order valence-corrected chi connectivity index (χ1v) is 4.95. The van der Waals surface area contributed by atoms with Gasteiger partial charge in [0, 0.05) is 5.92 Å². The highest BCUT2D eigenvalue weighted by Crippen LogP contribution is 2.34. The molecule has 0 aliphatic heterocycles. The van der Waals surface area contributed by atoms with Crippen LogP contribution >= 0.6 is 0 Å². The molecule has 0 bridgehead atoms. The Hall–Kier alpha value is -1.24. The van der Waals surface area contributed by atoms with Crippen molar-refractivity contribution in [1.29, 1.82) is 0 Å². The normalized spacial score (nSPS) is 16.4. The number of rotatable bonds is 2. The van der Waals surface area contributed by atoms with Crippen LogP contribution in [0.25, 0.3) is 0 Å². The number of benzene rings is 1. The van der Waals surface area contributed by atoms with Crippen molar-refractivity contribution in [2.24, 2.45) is 0 Å². The summed E-state index contributed by atoms with van der Waals surface area (Å²) in [7, 11) is 0. The molecule has 1 aromatic carbocycles. The zero-order valence-corrected chi connectivity index (χ0v) is 9.18. The highest BCUT2D eigenvalue weighted by Gasteiger charge is 2.42. The monoisotopic (exact) mass is 272 g/mol. The molecule has 2 atom stereocenters. The molecule has 0 aliphatic carbocycles. The molecule has 1 N–H and O–H groups in total. The van der Waals surface area contributed by atoms with Crippen molar-refractivity contribution in [2.45, 2.75) is 31.3 Å². The molecule has 2 unspecified atom stereocenters. The summed E-state index contributed by atoms with van der Waals surface area (Å²) in [6, 6.07) is 3.24.